The van der Waals surface area contributed by atoms with E-state index >= 15 is 0 Å². The number of aromatic nitrogens is 3. The second kappa shape index (κ2) is 6.73. The summed E-state index contributed by atoms with van der Waals surface area (Å²) >= 11 is 0. The molecule has 0 amide bonds. The minimum Gasteiger partial charge on any atom is -0.478 e. The van der Waals surface area contributed by atoms with Gasteiger partial charge in [-0.2, -0.15) is 5.10 Å². The van der Waals surface area contributed by atoms with Gasteiger partial charge in [0.15, 0.2) is 0 Å². The summed E-state index contributed by atoms with van der Waals surface area (Å²) in [6.45, 7) is 5.46. The number of carbonyl (C=O) groups is 1. The number of hydrogen-bond donors (Lipinski definition) is 2. The molecule has 2 N–H and O–H groups in total. The summed E-state index contributed by atoms with van der Waals surface area (Å²) in [5.74, 6) is -0.979. The number of benzene rings is 2. The molecule has 3 heterocycles. The van der Waals surface area contributed by atoms with E-state index in [0.717, 1.165) is 40.5 Å². The van der Waals surface area contributed by atoms with Crippen molar-refractivity contribution in [2.75, 3.05) is 5.32 Å². The van der Waals surface area contributed by atoms with Gasteiger partial charge in [-0.1, -0.05) is 18.2 Å². The van der Waals surface area contributed by atoms with Crippen LogP contribution in [-0.4, -0.2) is 25.4 Å². The van der Waals surface area contributed by atoms with Gasteiger partial charge in [0.05, 0.1) is 11.8 Å². The van der Waals surface area contributed by atoms with E-state index in [0.29, 0.717) is 17.6 Å². The summed E-state index contributed by atoms with van der Waals surface area (Å²) < 4.78 is 3.73. The first-order chi connectivity index (χ1) is 14.5. The Balaban J connectivity index is 1.74. The summed E-state index contributed by atoms with van der Waals surface area (Å²) in [6.07, 6.45) is 2.73. The van der Waals surface area contributed by atoms with Crippen LogP contribution in [0.25, 0.3) is 21.8 Å². The van der Waals surface area contributed by atoms with E-state index in [2.05, 4.69) is 16.5 Å². The molecule has 1 aliphatic rings. The molecule has 4 aromatic rings. The van der Waals surface area contributed by atoms with Gasteiger partial charge < -0.3 is 10.4 Å². The van der Waals surface area contributed by atoms with Gasteiger partial charge in [-0.3, -0.25) is 9.36 Å². The van der Waals surface area contributed by atoms with E-state index in [9.17, 15) is 14.7 Å². The van der Waals surface area contributed by atoms with Gasteiger partial charge >= 0.3 is 5.97 Å². The number of para-hydroxylation sites is 1. The lowest BCUT2D eigenvalue weighted by Gasteiger charge is -2.22. The van der Waals surface area contributed by atoms with Gasteiger partial charge in [0.1, 0.15) is 5.65 Å². The van der Waals surface area contributed by atoms with Crippen LogP contribution < -0.4 is 10.9 Å². The van der Waals surface area contributed by atoms with Crippen molar-refractivity contribution in [3.8, 4) is 0 Å². The van der Waals surface area contributed by atoms with Crippen LogP contribution in [0.3, 0.4) is 0 Å². The summed E-state index contributed by atoms with van der Waals surface area (Å²) in [4.78, 5) is 24.9. The molecule has 0 spiro atoms. The van der Waals surface area contributed by atoms with Gasteiger partial charge in [-0.05, 0) is 49.6 Å². The van der Waals surface area contributed by atoms with E-state index in [1.807, 2.05) is 41.4 Å². The molecule has 152 valence electrons. The fourth-order valence-electron chi connectivity index (χ4n) is 4.56. The minimum atomic E-state index is -0.979. The third kappa shape index (κ3) is 2.69. The fraction of sp³-hybridized carbons (Fsp3) is 0.261. The molecule has 0 saturated heterocycles. The van der Waals surface area contributed by atoms with Crippen LogP contribution >= 0.6 is 0 Å². The van der Waals surface area contributed by atoms with Crippen molar-refractivity contribution >= 4 is 33.5 Å². The standard InChI is InChI=1S/C23H22N4O3/c1-13-10-16(14(2)25-19-7-4-3-6-15(19)23(29)30)20-17(11-13)22(28)26-8-5-9-27-21(26)18(20)12-24-27/h3-4,6-7,10-12,14,25H,5,8-9H2,1-2H3,(H,29,30). The number of carboxylic acids is 1. The summed E-state index contributed by atoms with van der Waals surface area (Å²) in [5.41, 5.74) is 3.58. The second-order valence-corrected chi connectivity index (χ2v) is 7.91. The maximum absolute atomic E-state index is 13.3. The second-order valence-electron chi connectivity index (χ2n) is 7.91. The molecule has 30 heavy (non-hydrogen) atoms. The molecule has 2 aromatic carbocycles. The first kappa shape index (κ1) is 18.4. The number of pyridine rings is 1. The maximum atomic E-state index is 13.3. The van der Waals surface area contributed by atoms with Crippen LogP contribution in [0.4, 0.5) is 5.69 Å². The van der Waals surface area contributed by atoms with Crippen LogP contribution in [0, 0.1) is 6.92 Å². The number of aryl methyl sites for hydroxylation is 3. The van der Waals surface area contributed by atoms with Gasteiger partial charge in [-0.15, -0.1) is 0 Å². The van der Waals surface area contributed by atoms with E-state index in [-0.39, 0.29) is 17.2 Å². The number of anilines is 1. The molecular weight excluding hydrogens is 380 g/mol. The highest BCUT2D eigenvalue weighted by atomic mass is 16.4. The number of fused-ring (bicyclic) bond motifs is 2. The molecule has 1 aliphatic heterocycles. The SMILES string of the molecule is Cc1cc(C(C)Nc2ccccc2C(=O)O)c2c(c1)c(=O)n1c3c2cnn3CCC1. The molecule has 7 nitrogen and oxygen atoms in total. The molecule has 0 radical (unpaired) electrons. The predicted molar refractivity (Wildman–Crippen MR) is 116 cm³/mol. The number of carboxylic acid groups (broad SMARTS) is 1. The van der Waals surface area contributed by atoms with Crippen molar-refractivity contribution in [2.45, 2.75) is 39.4 Å². The Kier molecular flexibility index (Phi) is 4.13. The van der Waals surface area contributed by atoms with Crippen molar-refractivity contribution in [2.24, 2.45) is 0 Å². The smallest absolute Gasteiger partial charge is 0.337 e. The van der Waals surface area contributed by atoms with E-state index < -0.39 is 5.97 Å². The highest BCUT2D eigenvalue weighted by molar-refractivity contribution is 6.07. The van der Waals surface area contributed by atoms with Crippen LogP contribution in [0.5, 0.6) is 0 Å². The van der Waals surface area contributed by atoms with Crippen molar-refractivity contribution in [1.82, 2.24) is 14.3 Å². The van der Waals surface area contributed by atoms with Gasteiger partial charge in [0.2, 0.25) is 0 Å². The summed E-state index contributed by atoms with van der Waals surface area (Å²) in [5, 5.41) is 19.9. The van der Waals surface area contributed by atoms with Crippen LogP contribution in [-0.2, 0) is 13.1 Å². The molecule has 0 fully saturated rings. The van der Waals surface area contributed by atoms with E-state index in [1.165, 1.54) is 0 Å². The average molecular weight is 402 g/mol. The predicted octanol–water partition coefficient (Wildman–Crippen LogP) is 3.93. The van der Waals surface area contributed by atoms with E-state index in [1.54, 1.807) is 18.2 Å². The topological polar surface area (TPSA) is 89.2 Å². The molecule has 0 bridgehead atoms. The number of nitrogens with one attached hydrogen (secondary N) is 1. The highest BCUT2D eigenvalue weighted by Crippen LogP contribution is 2.33. The van der Waals surface area contributed by atoms with Crippen molar-refractivity contribution in [3.63, 3.8) is 0 Å². The van der Waals surface area contributed by atoms with Crippen LogP contribution in [0.1, 0.15) is 40.9 Å². The van der Waals surface area contributed by atoms with Gasteiger partial charge in [0.25, 0.3) is 5.56 Å². The zero-order chi connectivity index (χ0) is 21.0. The first-order valence-electron chi connectivity index (χ1n) is 10.1. The quantitative estimate of drug-likeness (QED) is 0.540. The average Bonchev–Trinajstić information content (AvgIpc) is 3.16. The molecule has 7 heteroatoms. The maximum Gasteiger partial charge on any atom is 0.337 e. The molecule has 5 rings (SSSR count). The number of aromatic carboxylic acids is 1. The van der Waals surface area contributed by atoms with Crippen molar-refractivity contribution in [3.05, 3.63) is 69.6 Å². The molecule has 0 aliphatic carbocycles. The fourth-order valence-corrected chi connectivity index (χ4v) is 4.56. The van der Waals surface area contributed by atoms with Crippen LogP contribution in [0.15, 0.2) is 47.4 Å². The Labute approximate surface area is 172 Å². The number of hydrogen-bond acceptors (Lipinski definition) is 4. The van der Waals surface area contributed by atoms with Gasteiger partial charge in [-0.25, -0.2) is 9.48 Å². The van der Waals surface area contributed by atoms with Gasteiger partial charge in [0, 0.05) is 41.0 Å². The highest BCUT2D eigenvalue weighted by Gasteiger charge is 2.23. The normalized spacial score (nSPS) is 14.2. The molecule has 2 aromatic heterocycles. The monoisotopic (exact) mass is 402 g/mol. The lowest BCUT2D eigenvalue weighted by molar-refractivity contribution is 0.0698. The van der Waals surface area contributed by atoms with Crippen molar-refractivity contribution < 1.29 is 9.90 Å². The van der Waals surface area contributed by atoms with E-state index in [4.69, 9.17) is 0 Å². The Bertz CT molecular complexity index is 1380. The molecule has 1 atom stereocenters. The minimum absolute atomic E-state index is 0.00189. The zero-order valence-corrected chi connectivity index (χ0v) is 16.8. The zero-order valence-electron chi connectivity index (χ0n) is 16.8. The Morgan fingerprint density at radius 1 is 1.20 bits per heavy atom. The third-order valence-electron chi connectivity index (χ3n) is 5.87. The largest absolute Gasteiger partial charge is 0.478 e. The summed E-state index contributed by atoms with van der Waals surface area (Å²) in [6, 6.07) is 10.7. The Morgan fingerprint density at radius 2 is 2.00 bits per heavy atom. The Hall–Kier alpha value is -3.61. The van der Waals surface area contributed by atoms with Crippen molar-refractivity contribution in [1.29, 1.82) is 0 Å². The third-order valence-corrected chi connectivity index (χ3v) is 5.87. The first-order valence-corrected chi connectivity index (χ1v) is 10.1. The summed E-state index contributed by atoms with van der Waals surface area (Å²) in [7, 11) is 0. The Morgan fingerprint density at radius 3 is 2.80 bits per heavy atom. The molecule has 1 unspecified atom stereocenters. The lowest BCUT2D eigenvalue weighted by Crippen LogP contribution is -2.27. The number of rotatable bonds is 4. The van der Waals surface area contributed by atoms with Crippen LogP contribution in [0.2, 0.25) is 0 Å². The molecule has 0 saturated carbocycles. The lowest BCUT2D eigenvalue weighted by atomic mass is 9.95. The molecular formula is C23H22N4O3. The number of nitrogens with zero attached hydrogens (tertiary/aromatic N) is 3.